The number of hydrogen-bond donors (Lipinski definition) is 1. The Kier molecular flexibility index (Phi) is 5.76. The van der Waals surface area contributed by atoms with E-state index in [1.54, 1.807) is 7.11 Å². The summed E-state index contributed by atoms with van der Waals surface area (Å²) in [6, 6.07) is 6.42. The number of H-pyrrole nitrogens is 1. The molecule has 7 nitrogen and oxygen atoms in total. The zero-order valence-electron chi connectivity index (χ0n) is 20.8. The van der Waals surface area contributed by atoms with Crippen LogP contribution in [-0.4, -0.2) is 57.7 Å². The van der Waals surface area contributed by atoms with Crippen LogP contribution < -0.4 is 4.74 Å². The Labute approximate surface area is 201 Å². The van der Waals surface area contributed by atoms with Crippen LogP contribution in [0.3, 0.4) is 0 Å². The highest BCUT2D eigenvalue weighted by Gasteiger charge is 2.38. The van der Waals surface area contributed by atoms with Crippen LogP contribution >= 0.6 is 0 Å². The SMILES string of the molecule is COc1cc2c(cc1CC(C)C)-n1c(-c3cc[nH]c3)nc(C(=O)N3CCOCC3(C)C)c1CC2. The van der Waals surface area contributed by atoms with Crippen LogP contribution in [0.1, 0.15) is 55.0 Å². The lowest BCUT2D eigenvalue weighted by atomic mass is 9.94. The molecule has 180 valence electrons. The number of fused-ring (bicyclic) bond motifs is 3. The lowest BCUT2D eigenvalue weighted by Crippen LogP contribution is -2.55. The maximum absolute atomic E-state index is 13.9. The number of ether oxygens (including phenoxy) is 2. The van der Waals surface area contributed by atoms with Gasteiger partial charge in [0.1, 0.15) is 11.6 Å². The number of aromatic nitrogens is 3. The van der Waals surface area contributed by atoms with E-state index in [1.807, 2.05) is 23.4 Å². The summed E-state index contributed by atoms with van der Waals surface area (Å²) in [5, 5.41) is 0. The van der Waals surface area contributed by atoms with E-state index >= 15 is 0 Å². The molecule has 5 rings (SSSR count). The van der Waals surface area contributed by atoms with E-state index in [-0.39, 0.29) is 11.4 Å². The highest BCUT2D eigenvalue weighted by molar-refractivity contribution is 5.95. The van der Waals surface area contributed by atoms with E-state index in [2.05, 4.69) is 49.4 Å². The van der Waals surface area contributed by atoms with Gasteiger partial charge in [-0.2, -0.15) is 0 Å². The average Bonchev–Trinajstić information content (AvgIpc) is 3.45. The highest BCUT2D eigenvalue weighted by atomic mass is 16.5. The Morgan fingerprint density at radius 3 is 2.79 bits per heavy atom. The van der Waals surface area contributed by atoms with Gasteiger partial charge < -0.3 is 19.4 Å². The average molecular weight is 463 g/mol. The molecule has 0 saturated carbocycles. The molecule has 34 heavy (non-hydrogen) atoms. The highest BCUT2D eigenvalue weighted by Crippen LogP contribution is 2.38. The first-order valence-corrected chi connectivity index (χ1v) is 12.1. The molecule has 1 aromatic carbocycles. The topological polar surface area (TPSA) is 72.4 Å². The lowest BCUT2D eigenvalue weighted by Gasteiger charge is -2.41. The molecule has 0 bridgehead atoms. The van der Waals surface area contributed by atoms with E-state index in [4.69, 9.17) is 14.5 Å². The Balaban J connectivity index is 1.69. The molecule has 0 aliphatic carbocycles. The van der Waals surface area contributed by atoms with Gasteiger partial charge in [-0.1, -0.05) is 13.8 Å². The molecular formula is C27H34N4O3. The van der Waals surface area contributed by atoms with Gasteiger partial charge in [-0.25, -0.2) is 4.98 Å². The number of morpholine rings is 1. The fourth-order valence-corrected chi connectivity index (χ4v) is 5.24. The molecule has 2 aliphatic heterocycles. The van der Waals surface area contributed by atoms with E-state index in [0.29, 0.717) is 31.4 Å². The summed E-state index contributed by atoms with van der Waals surface area (Å²) in [7, 11) is 1.74. The summed E-state index contributed by atoms with van der Waals surface area (Å²) < 4.78 is 13.6. The lowest BCUT2D eigenvalue weighted by molar-refractivity contribution is -0.0373. The number of carbonyl (C=O) groups is 1. The van der Waals surface area contributed by atoms with Crippen molar-refractivity contribution in [3.63, 3.8) is 0 Å². The van der Waals surface area contributed by atoms with Gasteiger partial charge in [-0.3, -0.25) is 9.36 Å². The van der Waals surface area contributed by atoms with Crippen molar-refractivity contribution < 1.29 is 14.3 Å². The number of amides is 1. The summed E-state index contributed by atoms with van der Waals surface area (Å²) in [4.78, 5) is 23.9. The predicted octanol–water partition coefficient (Wildman–Crippen LogP) is 4.42. The van der Waals surface area contributed by atoms with Crippen LogP contribution in [0, 0.1) is 5.92 Å². The van der Waals surface area contributed by atoms with Crippen molar-refractivity contribution >= 4 is 5.91 Å². The van der Waals surface area contributed by atoms with Gasteiger partial charge in [0, 0.05) is 24.5 Å². The second-order valence-electron chi connectivity index (χ2n) is 10.4. The third-order valence-electron chi connectivity index (χ3n) is 6.90. The van der Waals surface area contributed by atoms with Gasteiger partial charge >= 0.3 is 0 Å². The molecule has 0 atom stereocenters. The molecule has 2 aliphatic rings. The molecule has 1 amide bonds. The van der Waals surface area contributed by atoms with Crippen LogP contribution in [0.2, 0.25) is 0 Å². The minimum Gasteiger partial charge on any atom is -0.496 e. The zero-order chi connectivity index (χ0) is 24.0. The van der Waals surface area contributed by atoms with E-state index < -0.39 is 0 Å². The molecule has 1 N–H and O–H groups in total. The van der Waals surface area contributed by atoms with Crippen molar-refractivity contribution in [2.75, 3.05) is 26.9 Å². The van der Waals surface area contributed by atoms with Gasteiger partial charge in [0.2, 0.25) is 0 Å². The number of aromatic amines is 1. The van der Waals surface area contributed by atoms with Crippen molar-refractivity contribution in [3.05, 3.63) is 53.1 Å². The fraction of sp³-hybridized carbons (Fsp3) is 0.481. The normalized spacial score (nSPS) is 16.9. The number of imidazole rings is 1. The summed E-state index contributed by atoms with van der Waals surface area (Å²) in [5.74, 6) is 2.22. The van der Waals surface area contributed by atoms with Crippen LogP contribution in [0.25, 0.3) is 17.1 Å². The number of methoxy groups -OCH3 is 1. The molecule has 7 heteroatoms. The predicted molar refractivity (Wildman–Crippen MR) is 132 cm³/mol. The molecule has 0 radical (unpaired) electrons. The molecule has 1 fully saturated rings. The van der Waals surface area contributed by atoms with Crippen LogP contribution in [-0.2, 0) is 24.0 Å². The number of carbonyl (C=O) groups excluding carboxylic acids is 1. The first-order valence-electron chi connectivity index (χ1n) is 12.1. The van der Waals surface area contributed by atoms with E-state index in [1.165, 1.54) is 11.1 Å². The van der Waals surface area contributed by atoms with Crippen molar-refractivity contribution in [3.8, 4) is 22.8 Å². The largest absolute Gasteiger partial charge is 0.496 e. The summed E-state index contributed by atoms with van der Waals surface area (Å²) in [6.45, 7) is 10.2. The van der Waals surface area contributed by atoms with Crippen LogP contribution in [0.5, 0.6) is 5.75 Å². The number of rotatable bonds is 5. The van der Waals surface area contributed by atoms with Crippen molar-refractivity contribution in [2.24, 2.45) is 5.92 Å². The molecule has 0 spiro atoms. The van der Waals surface area contributed by atoms with Gasteiger partial charge in [0.15, 0.2) is 5.69 Å². The zero-order valence-corrected chi connectivity index (χ0v) is 20.8. The smallest absolute Gasteiger partial charge is 0.274 e. The second-order valence-corrected chi connectivity index (χ2v) is 10.4. The number of hydrogen-bond acceptors (Lipinski definition) is 4. The van der Waals surface area contributed by atoms with Gasteiger partial charge in [0.05, 0.1) is 37.2 Å². The number of nitrogens with zero attached hydrogens (tertiary/aromatic N) is 3. The Hall–Kier alpha value is -3.06. The Bertz CT molecular complexity index is 1210. The summed E-state index contributed by atoms with van der Waals surface area (Å²) >= 11 is 0. The van der Waals surface area contributed by atoms with Gasteiger partial charge in [-0.15, -0.1) is 0 Å². The van der Waals surface area contributed by atoms with E-state index in [0.717, 1.165) is 47.8 Å². The minimum absolute atomic E-state index is 0.0156. The number of benzene rings is 1. The molecule has 1 saturated heterocycles. The third-order valence-corrected chi connectivity index (χ3v) is 6.90. The Morgan fingerprint density at radius 2 is 2.12 bits per heavy atom. The van der Waals surface area contributed by atoms with Gasteiger partial charge in [-0.05, 0) is 68.4 Å². The maximum Gasteiger partial charge on any atom is 0.274 e. The summed E-state index contributed by atoms with van der Waals surface area (Å²) in [6.07, 6.45) is 6.36. The van der Waals surface area contributed by atoms with E-state index in [9.17, 15) is 4.79 Å². The molecule has 0 unspecified atom stereocenters. The fourth-order valence-electron chi connectivity index (χ4n) is 5.24. The third kappa shape index (κ3) is 3.82. The van der Waals surface area contributed by atoms with Crippen LogP contribution in [0.15, 0.2) is 30.6 Å². The molecule has 3 aromatic rings. The maximum atomic E-state index is 13.9. The monoisotopic (exact) mass is 462 g/mol. The first-order chi connectivity index (χ1) is 16.3. The Morgan fingerprint density at radius 1 is 1.29 bits per heavy atom. The number of nitrogens with one attached hydrogen (secondary N) is 1. The standard InChI is InChI=1S/C27H34N4O3/c1-17(2)12-20-13-22-18(14-23(20)33-5)6-7-21-24(26(32)30-10-11-34-16-27(30,3)4)29-25(31(21)22)19-8-9-28-15-19/h8-9,13-15,17,28H,6-7,10-12,16H2,1-5H3. The quantitative estimate of drug-likeness (QED) is 0.609. The number of aryl methyl sites for hydroxylation is 1. The summed E-state index contributed by atoms with van der Waals surface area (Å²) in [5.41, 5.74) is 5.63. The second kappa shape index (κ2) is 8.62. The van der Waals surface area contributed by atoms with Crippen molar-refractivity contribution in [2.45, 2.75) is 52.5 Å². The molecule has 4 heterocycles. The molecular weight excluding hydrogens is 428 g/mol. The first kappa shape index (κ1) is 22.7. The van der Waals surface area contributed by atoms with Crippen molar-refractivity contribution in [1.29, 1.82) is 0 Å². The van der Waals surface area contributed by atoms with Crippen LogP contribution in [0.4, 0.5) is 0 Å². The molecule has 2 aromatic heterocycles. The minimum atomic E-state index is -0.371. The van der Waals surface area contributed by atoms with Crippen molar-refractivity contribution in [1.82, 2.24) is 19.4 Å². The van der Waals surface area contributed by atoms with Gasteiger partial charge in [0.25, 0.3) is 5.91 Å².